The predicted octanol–water partition coefficient (Wildman–Crippen LogP) is 10.7. The Morgan fingerprint density at radius 2 is 1.59 bits per heavy atom. The van der Waals surface area contributed by atoms with Gasteiger partial charge in [-0.15, -0.1) is 0 Å². The predicted molar refractivity (Wildman–Crippen MR) is 163 cm³/mol. The van der Waals surface area contributed by atoms with Crippen LogP contribution in [-0.4, -0.2) is 14.6 Å². The van der Waals surface area contributed by atoms with Crippen molar-refractivity contribution in [3.8, 4) is 0 Å². The van der Waals surface area contributed by atoms with Crippen molar-refractivity contribution in [2.75, 3.05) is 0 Å². The topological polar surface area (TPSA) is 44.9 Å². The van der Waals surface area contributed by atoms with Gasteiger partial charge in [0.1, 0.15) is 5.82 Å². The second-order valence-electron chi connectivity index (χ2n) is 8.15. The van der Waals surface area contributed by atoms with Gasteiger partial charge < -0.3 is 22.8 Å². The van der Waals surface area contributed by atoms with Crippen LogP contribution >= 0.6 is 0 Å². The molecule has 1 atom stereocenters. The van der Waals surface area contributed by atoms with E-state index in [0.717, 1.165) is 48.2 Å². The summed E-state index contributed by atoms with van der Waals surface area (Å²) in [5.74, 6) is 9.14. The molecule has 207 valence electrons. The van der Waals surface area contributed by atoms with Gasteiger partial charge in [-0.3, -0.25) is 0 Å². The fraction of sp³-hybridized carbons (Fsp3) is 0.500. The molecule has 1 unspecified atom stereocenters. The van der Waals surface area contributed by atoms with Crippen LogP contribution in [0.5, 0.6) is 0 Å². The first-order chi connectivity index (χ1) is 17.0. The fourth-order valence-corrected chi connectivity index (χ4v) is 4.01. The zero-order chi connectivity index (χ0) is 26.9. The summed E-state index contributed by atoms with van der Waals surface area (Å²) in [5.41, 5.74) is 4.02. The Morgan fingerprint density at radius 3 is 2.08 bits per heavy atom. The fourth-order valence-electron chi connectivity index (χ4n) is 4.01. The van der Waals surface area contributed by atoms with Crippen LogP contribution in [-0.2, 0) is 39.3 Å². The van der Waals surface area contributed by atoms with E-state index in [1.54, 1.807) is 0 Å². The van der Waals surface area contributed by atoms with Crippen molar-refractivity contribution >= 4 is 11.0 Å². The van der Waals surface area contributed by atoms with E-state index in [1.807, 2.05) is 64.1 Å². The van der Waals surface area contributed by atoms with Gasteiger partial charge in [0.25, 0.3) is 0 Å². The van der Waals surface area contributed by atoms with Gasteiger partial charge in [0, 0.05) is 50.0 Å². The van der Waals surface area contributed by atoms with Gasteiger partial charge in [-0.1, -0.05) is 125 Å². The first-order valence-electron chi connectivity index (χ1n) is 13.6. The standard InChI is InChI=1S/C23H29N4.C4H10.2C2H6.CH3.Y/c1-5-8-12-19-16-26(18(4)23(19,7-3)15-9-6-2)17-22-25-20-13-10-11-14-21(20)27(22)24;1-3-4-2;2*1-2;;/h5,8,10-14,16,24H,1,4,6-7,9,15,17H2,2-3H3;3-4H2,1-2H3;2*1-2H3;1H3;/q-1;;;;-1;/b12-8-;;;;;. The molecular weight excluding hydrogens is 529 g/mol. The van der Waals surface area contributed by atoms with E-state index in [9.17, 15) is 0 Å². The van der Waals surface area contributed by atoms with Crippen molar-refractivity contribution in [3.05, 3.63) is 92.2 Å². The Balaban J connectivity index is -0.00000104. The maximum atomic E-state index is 8.41. The molecule has 0 saturated heterocycles. The molecule has 1 aromatic heterocycles. The van der Waals surface area contributed by atoms with Crippen molar-refractivity contribution in [2.24, 2.45) is 5.41 Å². The summed E-state index contributed by atoms with van der Waals surface area (Å²) >= 11 is 0. The van der Waals surface area contributed by atoms with E-state index in [-0.39, 0.29) is 45.6 Å². The quantitative estimate of drug-likeness (QED) is 0.218. The number of para-hydroxylation sites is 2. The zero-order valence-electron chi connectivity index (χ0n) is 25.4. The summed E-state index contributed by atoms with van der Waals surface area (Å²) in [6.45, 7) is 25.7. The zero-order valence-corrected chi connectivity index (χ0v) is 28.2. The number of aromatic nitrogens is 2. The molecule has 0 bridgehead atoms. The number of imidazole rings is 1. The maximum absolute atomic E-state index is 8.41. The second kappa shape index (κ2) is 22.3. The van der Waals surface area contributed by atoms with Crippen molar-refractivity contribution < 1.29 is 32.7 Å². The number of hydrogen-bond acceptors (Lipinski definition) is 2. The third-order valence-electron chi connectivity index (χ3n) is 6.16. The Morgan fingerprint density at radius 1 is 1.00 bits per heavy atom. The first-order valence-corrected chi connectivity index (χ1v) is 13.6. The van der Waals surface area contributed by atoms with E-state index >= 15 is 0 Å². The Kier molecular flexibility index (Phi) is 24.1. The average Bonchev–Trinajstić information content (AvgIpc) is 3.37. The van der Waals surface area contributed by atoms with E-state index in [4.69, 9.17) is 5.84 Å². The minimum Gasteiger partial charge on any atom is -0.630 e. The normalized spacial score (nSPS) is 15.7. The van der Waals surface area contributed by atoms with E-state index < -0.39 is 0 Å². The number of rotatable bonds is 9. The van der Waals surface area contributed by atoms with Gasteiger partial charge in [0.15, 0.2) is 0 Å². The van der Waals surface area contributed by atoms with Crippen LogP contribution in [0, 0.1) is 12.8 Å². The third kappa shape index (κ3) is 10.6. The number of hydrogen-bond donors (Lipinski definition) is 0. The largest absolute Gasteiger partial charge is 0.630 e. The van der Waals surface area contributed by atoms with Gasteiger partial charge in [-0.25, -0.2) is 4.98 Å². The molecule has 1 N–H and O–H groups in total. The summed E-state index contributed by atoms with van der Waals surface area (Å²) in [4.78, 5) is 6.84. The molecule has 0 aliphatic carbocycles. The molecule has 1 aliphatic rings. The summed E-state index contributed by atoms with van der Waals surface area (Å²) in [6, 6.07) is 7.79. The number of fused-ring (bicyclic) bond motifs is 1. The van der Waals surface area contributed by atoms with Crippen LogP contribution in [0.15, 0.2) is 73.1 Å². The van der Waals surface area contributed by atoms with Gasteiger partial charge in [0.05, 0.1) is 17.6 Å². The maximum Gasteiger partial charge on any atom is 0.116 e. The molecule has 5 heteroatoms. The molecule has 3 rings (SSSR count). The van der Waals surface area contributed by atoms with Crippen molar-refractivity contribution in [2.45, 2.75) is 100 Å². The molecule has 0 amide bonds. The molecule has 1 aliphatic heterocycles. The van der Waals surface area contributed by atoms with Crippen molar-refractivity contribution in [1.29, 1.82) is 0 Å². The van der Waals surface area contributed by atoms with Crippen molar-refractivity contribution in [1.82, 2.24) is 14.6 Å². The first kappa shape index (κ1) is 39.9. The van der Waals surface area contributed by atoms with E-state index in [0.29, 0.717) is 6.54 Å². The van der Waals surface area contributed by atoms with Crippen LogP contribution in [0.3, 0.4) is 0 Å². The van der Waals surface area contributed by atoms with Crippen LogP contribution < -0.4 is 0 Å². The number of nitrogens with zero attached hydrogens (tertiary/aromatic N) is 3. The monoisotopic (exact) mass is 583 g/mol. The molecule has 0 saturated carbocycles. The van der Waals surface area contributed by atoms with Crippen molar-refractivity contribution in [3.63, 3.8) is 0 Å². The van der Waals surface area contributed by atoms with Crippen LogP contribution in [0.2, 0.25) is 0 Å². The van der Waals surface area contributed by atoms with Crippen LogP contribution in [0.1, 0.15) is 99.7 Å². The molecule has 0 fully saturated rings. The van der Waals surface area contributed by atoms with Crippen LogP contribution in [0.4, 0.5) is 0 Å². The Hall–Kier alpha value is -1.65. The minimum absolute atomic E-state index is 0. The van der Waals surface area contributed by atoms with Gasteiger partial charge in [0.2, 0.25) is 0 Å². The van der Waals surface area contributed by atoms with Gasteiger partial charge >= 0.3 is 0 Å². The smallest absolute Gasteiger partial charge is 0.116 e. The molecule has 2 heterocycles. The Labute approximate surface area is 255 Å². The SMILES string of the molecule is C=C/C=C\C1=CN(Cc2nc3ccccc3n2[NH-])C(=C)C1(CC)CCCC.CC.CC.CCCC.[CH3-].[Y]. The third-order valence-corrected chi connectivity index (χ3v) is 6.16. The summed E-state index contributed by atoms with van der Waals surface area (Å²) in [7, 11) is 0. The Bertz CT molecular complexity index is 939. The molecule has 4 nitrogen and oxygen atoms in total. The number of nitrogens with one attached hydrogen (secondary N) is 1. The molecule has 0 spiro atoms. The average molecular weight is 584 g/mol. The van der Waals surface area contributed by atoms with E-state index in [2.05, 4.69) is 63.0 Å². The summed E-state index contributed by atoms with van der Waals surface area (Å²) in [5, 5.41) is 0. The minimum atomic E-state index is -0.0472. The molecule has 1 radical (unpaired) electrons. The van der Waals surface area contributed by atoms with E-state index in [1.165, 1.54) is 23.1 Å². The summed E-state index contributed by atoms with van der Waals surface area (Å²) < 4.78 is 1.44. The van der Waals surface area contributed by atoms with Gasteiger partial charge in [-0.05, 0) is 30.5 Å². The molecule has 2 aromatic rings. The number of unbranched alkanes of at least 4 members (excludes halogenated alkanes) is 2. The summed E-state index contributed by atoms with van der Waals surface area (Å²) in [6.07, 6.45) is 15.2. The number of allylic oxidation sites excluding steroid dienone is 4. The number of benzene rings is 1. The molecular formula is C32H54N4Y-2. The molecule has 1 aromatic carbocycles. The van der Waals surface area contributed by atoms with Gasteiger partial charge in [-0.2, -0.15) is 0 Å². The van der Waals surface area contributed by atoms with Crippen LogP contribution in [0.25, 0.3) is 16.9 Å². The second-order valence-corrected chi connectivity index (χ2v) is 8.15. The molecule has 37 heavy (non-hydrogen) atoms.